The summed E-state index contributed by atoms with van der Waals surface area (Å²) in [6, 6.07) is 2.07. The molecule has 1 aromatic rings. The van der Waals surface area contributed by atoms with E-state index in [0.717, 1.165) is 43.3 Å². The summed E-state index contributed by atoms with van der Waals surface area (Å²) in [6.07, 6.45) is 1.01. The van der Waals surface area contributed by atoms with Gasteiger partial charge in [0, 0.05) is 42.9 Å². The molecule has 30 heavy (non-hydrogen) atoms. The number of morpholine rings is 1. The topological polar surface area (TPSA) is 91.1 Å². The molecule has 3 aliphatic rings. The van der Waals surface area contributed by atoms with Gasteiger partial charge in [0.05, 0.1) is 26.2 Å². The average Bonchev–Trinajstić information content (AvgIpc) is 3.14. The largest absolute Gasteiger partial charge is 0.465 e. The van der Waals surface area contributed by atoms with Gasteiger partial charge in [-0.1, -0.05) is 13.8 Å². The van der Waals surface area contributed by atoms with E-state index in [4.69, 9.17) is 19.9 Å². The van der Waals surface area contributed by atoms with Gasteiger partial charge >= 0.3 is 5.97 Å². The van der Waals surface area contributed by atoms with Gasteiger partial charge in [-0.2, -0.15) is 0 Å². The van der Waals surface area contributed by atoms with Gasteiger partial charge in [0.1, 0.15) is 11.3 Å². The average molecular weight is 433 g/mol. The summed E-state index contributed by atoms with van der Waals surface area (Å²) >= 11 is 1.54. The third-order valence-electron chi connectivity index (χ3n) is 5.83. The minimum absolute atomic E-state index is 0.00304. The van der Waals surface area contributed by atoms with Crippen LogP contribution < -0.4 is 5.73 Å². The molecule has 1 aromatic heterocycles. The Hall–Kier alpha value is -2.16. The van der Waals surface area contributed by atoms with Crippen molar-refractivity contribution in [1.29, 1.82) is 0 Å². The van der Waals surface area contributed by atoms with Crippen LogP contribution in [0.1, 0.15) is 43.0 Å². The second-order valence-corrected chi connectivity index (χ2v) is 9.77. The lowest BCUT2D eigenvalue weighted by molar-refractivity contribution is -0.136. The maximum absolute atomic E-state index is 13.1. The van der Waals surface area contributed by atoms with Crippen LogP contribution in [0.5, 0.6) is 0 Å². The number of Topliss-reactive ketones (excluding diaryl/α,β-unsaturated/α-hetero) is 1. The fourth-order valence-electron chi connectivity index (χ4n) is 4.42. The van der Waals surface area contributed by atoms with Crippen LogP contribution in [0, 0.1) is 5.41 Å². The van der Waals surface area contributed by atoms with E-state index in [1.54, 1.807) is 0 Å². The third kappa shape index (κ3) is 4.04. The molecule has 0 radical (unpaired) electrons. The summed E-state index contributed by atoms with van der Waals surface area (Å²) in [4.78, 5) is 29.0. The number of carbonyl (C=O) groups excluding carboxylic acids is 2. The van der Waals surface area contributed by atoms with Crippen molar-refractivity contribution in [2.24, 2.45) is 11.1 Å². The molecule has 2 N–H and O–H groups in total. The fourth-order valence-corrected chi connectivity index (χ4v) is 5.45. The highest BCUT2D eigenvalue weighted by molar-refractivity contribution is 7.10. The standard InChI is InChI=1S/C22H28N2O5S/c1-22(2)9-14(25)17-15(10-22)29-20(23)19(21(26)27-3)18(17)16-8-13(12-30-16)11-24-4-6-28-7-5-24/h8,12,18H,4-7,9-11,23H2,1-3H3. The van der Waals surface area contributed by atoms with Crippen molar-refractivity contribution in [2.75, 3.05) is 33.4 Å². The van der Waals surface area contributed by atoms with Crippen LogP contribution >= 0.6 is 11.3 Å². The Morgan fingerprint density at radius 2 is 2.07 bits per heavy atom. The van der Waals surface area contributed by atoms with Gasteiger partial charge in [-0.3, -0.25) is 9.69 Å². The molecule has 0 saturated carbocycles. The van der Waals surface area contributed by atoms with Crippen LogP contribution in [0.15, 0.2) is 34.2 Å². The summed E-state index contributed by atoms with van der Waals surface area (Å²) in [5.41, 5.74) is 7.87. The van der Waals surface area contributed by atoms with Crippen molar-refractivity contribution < 1.29 is 23.8 Å². The van der Waals surface area contributed by atoms with E-state index in [9.17, 15) is 9.59 Å². The van der Waals surface area contributed by atoms with Crippen molar-refractivity contribution in [2.45, 2.75) is 39.2 Å². The van der Waals surface area contributed by atoms with E-state index < -0.39 is 11.9 Å². The molecular weight excluding hydrogens is 404 g/mol. The Kier molecular flexibility index (Phi) is 5.74. The molecule has 0 spiro atoms. The second-order valence-electron chi connectivity index (χ2n) is 8.83. The molecule has 7 nitrogen and oxygen atoms in total. The van der Waals surface area contributed by atoms with E-state index in [1.165, 1.54) is 18.4 Å². The zero-order valence-electron chi connectivity index (χ0n) is 17.7. The van der Waals surface area contributed by atoms with Gasteiger partial charge in [0.25, 0.3) is 0 Å². The molecule has 3 heterocycles. The molecule has 8 heteroatoms. The zero-order valence-corrected chi connectivity index (χ0v) is 18.5. The predicted octanol–water partition coefficient (Wildman–Crippen LogP) is 2.68. The molecule has 162 valence electrons. The van der Waals surface area contributed by atoms with E-state index in [1.807, 2.05) is 13.8 Å². The lowest BCUT2D eigenvalue weighted by Crippen LogP contribution is -2.35. The van der Waals surface area contributed by atoms with E-state index in [-0.39, 0.29) is 22.7 Å². The van der Waals surface area contributed by atoms with Gasteiger partial charge in [-0.15, -0.1) is 11.3 Å². The predicted molar refractivity (Wildman–Crippen MR) is 113 cm³/mol. The molecule has 1 atom stereocenters. The number of hydrogen-bond donors (Lipinski definition) is 1. The monoisotopic (exact) mass is 432 g/mol. The number of ether oxygens (including phenoxy) is 3. The quantitative estimate of drug-likeness (QED) is 0.732. The zero-order chi connectivity index (χ0) is 21.5. The first kappa shape index (κ1) is 21.1. The Labute approximate surface area is 180 Å². The van der Waals surface area contributed by atoms with Crippen LogP contribution in [-0.4, -0.2) is 50.1 Å². The Balaban J connectivity index is 1.71. The van der Waals surface area contributed by atoms with Crippen molar-refractivity contribution >= 4 is 23.1 Å². The first-order valence-electron chi connectivity index (χ1n) is 10.2. The summed E-state index contributed by atoms with van der Waals surface area (Å²) in [7, 11) is 1.31. The molecule has 0 aromatic carbocycles. The molecule has 1 saturated heterocycles. The van der Waals surface area contributed by atoms with Crippen LogP contribution in [0.25, 0.3) is 0 Å². The van der Waals surface area contributed by atoms with E-state index in [0.29, 0.717) is 24.2 Å². The van der Waals surface area contributed by atoms with Gasteiger partial charge in [-0.25, -0.2) is 4.79 Å². The molecule has 2 aliphatic heterocycles. The highest BCUT2D eigenvalue weighted by Crippen LogP contribution is 2.49. The highest BCUT2D eigenvalue weighted by Gasteiger charge is 2.45. The molecule has 1 aliphatic carbocycles. The minimum atomic E-state index is -0.565. The van der Waals surface area contributed by atoms with Crippen molar-refractivity contribution in [1.82, 2.24) is 4.90 Å². The number of thiophene rings is 1. The summed E-state index contributed by atoms with van der Waals surface area (Å²) in [5, 5.41) is 2.09. The summed E-state index contributed by atoms with van der Waals surface area (Å²) < 4.78 is 16.2. The van der Waals surface area contributed by atoms with Gasteiger partial charge in [-0.05, 0) is 22.4 Å². The van der Waals surface area contributed by atoms with Gasteiger partial charge in [0.15, 0.2) is 5.78 Å². The van der Waals surface area contributed by atoms with Crippen molar-refractivity contribution in [3.05, 3.63) is 44.7 Å². The Bertz CT molecular complexity index is 924. The van der Waals surface area contributed by atoms with E-state index in [2.05, 4.69) is 16.3 Å². The number of carbonyl (C=O) groups is 2. The SMILES string of the molecule is COC(=O)C1=C(N)OC2=C(C(=O)CC(C)(C)C2)C1c1cc(CN2CCOCC2)cs1. The number of hydrogen-bond acceptors (Lipinski definition) is 8. The fraction of sp³-hybridized carbons (Fsp3) is 0.545. The Morgan fingerprint density at radius 3 is 2.77 bits per heavy atom. The Morgan fingerprint density at radius 1 is 1.33 bits per heavy atom. The van der Waals surface area contributed by atoms with Crippen LogP contribution in [-0.2, 0) is 30.3 Å². The van der Waals surface area contributed by atoms with Gasteiger partial charge < -0.3 is 19.9 Å². The first-order valence-corrected chi connectivity index (χ1v) is 11.1. The molecule has 1 unspecified atom stereocenters. The van der Waals surface area contributed by atoms with Crippen molar-refractivity contribution in [3.63, 3.8) is 0 Å². The van der Waals surface area contributed by atoms with Crippen molar-refractivity contribution in [3.8, 4) is 0 Å². The molecule has 0 bridgehead atoms. The number of esters is 1. The number of nitrogens with two attached hydrogens (primary N) is 1. The second kappa shape index (κ2) is 8.17. The smallest absolute Gasteiger partial charge is 0.340 e. The molecule has 1 fully saturated rings. The van der Waals surface area contributed by atoms with Crippen LogP contribution in [0.4, 0.5) is 0 Å². The van der Waals surface area contributed by atoms with Gasteiger partial charge in [0.2, 0.25) is 5.88 Å². The maximum Gasteiger partial charge on any atom is 0.340 e. The first-order chi connectivity index (χ1) is 14.3. The van der Waals surface area contributed by atoms with Crippen LogP contribution in [0.2, 0.25) is 0 Å². The molecular formula is C22H28N2O5S. The summed E-state index contributed by atoms with van der Waals surface area (Å²) in [5.74, 6) is -0.505. The number of nitrogens with zero attached hydrogens (tertiary/aromatic N) is 1. The normalized spacial score (nSPS) is 24.5. The van der Waals surface area contributed by atoms with E-state index >= 15 is 0 Å². The molecule has 0 amide bonds. The van der Waals surface area contributed by atoms with Crippen LogP contribution in [0.3, 0.4) is 0 Å². The number of methoxy groups -OCH3 is 1. The third-order valence-corrected chi connectivity index (χ3v) is 6.88. The lowest BCUT2D eigenvalue weighted by atomic mass is 9.71. The number of allylic oxidation sites excluding steroid dienone is 2. The maximum atomic E-state index is 13.1. The minimum Gasteiger partial charge on any atom is -0.465 e. The molecule has 4 rings (SSSR count). The number of rotatable bonds is 4. The number of ketones is 1. The summed E-state index contributed by atoms with van der Waals surface area (Å²) in [6.45, 7) is 8.15. The highest BCUT2D eigenvalue weighted by atomic mass is 32.1. The lowest BCUT2D eigenvalue weighted by Gasteiger charge is -2.37.